The third-order valence-electron chi connectivity index (χ3n) is 5.41. The van der Waals surface area contributed by atoms with Crippen molar-refractivity contribution in [1.29, 1.82) is 5.26 Å². The Labute approximate surface area is 165 Å². The normalized spacial score (nSPS) is 18.8. The maximum absolute atomic E-state index is 12.8. The van der Waals surface area contributed by atoms with E-state index >= 15 is 0 Å². The van der Waals surface area contributed by atoms with Crippen LogP contribution in [0.3, 0.4) is 0 Å². The molecule has 0 aliphatic carbocycles. The summed E-state index contributed by atoms with van der Waals surface area (Å²) in [6.45, 7) is 2.87. The molecule has 1 aromatic carbocycles. The molecule has 2 aromatic rings. The van der Waals surface area contributed by atoms with E-state index in [0.29, 0.717) is 30.4 Å². The summed E-state index contributed by atoms with van der Waals surface area (Å²) in [6.07, 6.45) is 6.23. The number of nitrogens with zero attached hydrogens (tertiary/aromatic N) is 4. The van der Waals surface area contributed by atoms with E-state index in [4.69, 9.17) is 4.42 Å². The summed E-state index contributed by atoms with van der Waals surface area (Å²) in [5.41, 5.74) is 0.944. The molecule has 8 heteroatoms. The molecular weight excluding hydrogens is 376 g/mol. The molecule has 0 amide bonds. The van der Waals surface area contributed by atoms with Gasteiger partial charge in [-0.15, -0.1) is 0 Å². The molecule has 2 fully saturated rings. The fraction of sp³-hybridized carbons (Fsp3) is 0.500. The van der Waals surface area contributed by atoms with Crippen molar-refractivity contribution in [1.82, 2.24) is 9.29 Å². The van der Waals surface area contributed by atoms with Crippen molar-refractivity contribution < 1.29 is 12.8 Å². The summed E-state index contributed by atoms with van der Waals surface area (Å²) in [5, 5.41) is 9.42. The molecule has 1 aromatic heterocycles. The first kappa shape index (κ1) is 19.0. The zero-order valence-electron chi connectivity index (χ0n) is 15.8. The molecule has 3 heterocycles. The Hall–Kier alpha value is -2.37. The van der Waals surface area contributed by atoms with Gasteiger partial charge in [0, 0.05) is 31.7 Å². The average Bonchev–Trinajstić information content (AvgIpc) is 3.20. The Kier molecular flexibility index (Phi) is 5.38. The van der Waals surface area contributed by atoms with E-state index in [-0.39, 0.29) is 10.6 Å². The Morgan fingerprint density at radius 3 is 2.14 bits per heavy atom. The minimum Gasteiger partial charge on any atom is -0.419 e. The van der Waals surface area contributed by atoms with Gasteiger partial charge >= 0.3 is 0 Å². The van der Waals surface area contributed by atoms with Gasteiger partial charge < -0.3 is 9.32 Å². The molecule has 148 valence electrons. The van der Waals surface area contributed by atoms with Crippen LogP contribution in [0.1, 0.15) is 44.2 Å². The Bertz CT molecular complexity index is 964. The first-order valence-corrected chi connectivity index (χ1v) is 11.3. The summed E-state index contributed by atoms with van der Waals surface area (Å²) >= 11 is 0. The Morgan fingerprint density at radius 2 is 1.54 bits per heavy atom. The molecule has 0 atom stereocenters. The molecule has 2 aliphatic rings. The molecule has 0 saturated carbocycles. The fourth-order valence-electron chi connectivity index (χ4n) is 3.84. The highest BCUT2D eigenvalue weighted by Gasteiger charge is 2.26. The number of anilines is 1. The van der Waals surface area contributed by atoms with Gasteiger partial charge in [0.15, 0.2) is 0 Å². The van der Waals surface area contributed by atoms with Crippen molar-refractivity contribution >= 4 is 15.9 Å². The molecule has 2 saturated heterocycles. The Balaban J connectivity index is 1.59. The van der Waals surface area contributed by atoms with Crippen molar-refractivity contribution in [2.24, 2.45) is 0 Å². The highest BCUT2D eigenvalue weighted by Crippen LogP contribution is 2.31. The highest BCUT2D eigenvalue weighted by atomic mass is 32.2. The number of nitriles is 1. The molecule has 2 aliphatic heterocycles. The van der Waals surface area contributed by atoms with Crippen LogP contribution >= 0.6 is 0 Å². The van der Waals surface area contributed by atoms with E-state index in [9.17, 15) is 13.7 Å². The second-order valence-corrected chi connectivity index (χ2v) is 9.26. The average molecular weight is 401 g/mol. The van der Waals surface area contributed by atoms with Gasteiger partial charge in [-0.05, 0) is 56.4 Å². The monoisotopic (exact) mass is 400 g/mol. The molecule has 0 radical (unpaired) electrons. The van der Waals surface area contributed by atoms with Crippen LogP contribution in [-0.2, 0) is 10.0 Å². The van der Waals surface area contributed by atoms with E-state index in [1.165, 1.54) is 6.42 Å². The van der Waals surface area contributed by atoms with E-state index in [1.54, 1.807) is 28.6 Å². The van der Waals surface area contributed by atoms with Crippen molar-refractivity contribution in [3.05, 3.63) is 30.0 Å². The molecule has 7 nitrogen and oxygen atoms in total. The first-order valence-electron chi connectivity index (χ1n) is 9.86. The third kappa shape index (κ3) is 3.64. The number of rotatable bonds is 4. The largest absolute Gasteiger partial charge is 0.419 e. The van der Waals surface area contributed by atoms with Crippen LogP contribution < -0.4 is 4.90 Å². The van der Waals surface area contributed by atoms with E-state index < -0.39 is 10.0 Å². The van der Waals surface area contributed by atoms with Crippen LogP contribution in [0.2, 0.25) is 0 Å². The van der Waals surface area contributed by atoms with Gasteiger partial charge in [-0.1, -0.05) is 6.42 Å². The quantitative estimate of drug-likeness (QED) is 0.781. The summed E-state index contributed by atoms with van der Waals surface area (Å²) in [4.78, 5) is 6.67. The number of oxazole rings is 1. The smallest absolute Gasteiger partial charge is 0.243 e. The highest BCUT2D eigenvalue weighted by molar-refractivity contribution is 7.89. The van der Waals surface area contributed by atoms with Crippen LogP contribution in [0, 0.1) is 11.3 Å². The second kappa shape index (κ2) is 7.94. The number of piperidine rings is 2. The number of hydrogen-bond acceptors (Lipinski definition) is 6. The summed E-state index contributed by atoms with van der Waals surface area (Å²) in [7, 11) is -3.46. The van der Waals surface area contributed by atoms with Gasteiger partial charge in [-0.3, -0.25) is 0 Å². The van der Waals surface area contributed by atoms with Crippen molar-refractivity contribution in [3.8, 4) is 17.5 Å². The third-order valence-corrected chi connectivity index (χ3v) is 7.33. The van der Waals surface area contributed by atoms with Gasteiger partial charge in [-0.25, -0.2) is 8.42 Å². The van der Waals surface area contributed by atoms with Crippen LogP contribution in [0.15, 0.2) is 33.6 Å². The fourth-order valence-corrected chi connectivity index (χ4v) is 5.36. The van der Waals surface area contributed by atoms with Crippen LogP contribution in [-0.4, -0.2) is 43.9 Å². The van der Waals surface area contributed by atoms with Crippen LogP contribution in [0.5, 0.6) is 0 Å². The van der Waals surface area contributed by atoms with Gasteiger partial charge in [-0.2, -0.15) is 14.6 Å². The van der Waals surface area contributed by atoms with Crippen molar-refractivity contribution in [2.75, 3.05) is 31.1 Å². The lowest BCUT2D eigenvalue weighted by Gasteiger charge is -2.26. The molecule has 28 heavy (non-hydrogen) atoms. The maximum Gasteiger partial charge on any atom is 0.243 e. The predicted molar refractivity (Wildman–Crippen MR) is 105 cm³/mol. The maximum atomic E-state index is 12.8. The second-order valence-electron chi connectivity index (χ2n) is 7.32. The van der Waals surface area contributed by atoms with E-state index in [2.05, 4.69) is 16.0 Å². The van der Waals surface area contributed by atoms with Gasteiger partial charge in [0.1, 0.15) is 6.07 Å². The lowest BCUT2D eigenvalue weighted by atomic mass is 10.1. The van der Waals surface area contributed by atoms with Crippen molar-refractivity contribution in [3.63, 3.8) is 0 Å². The minimum absolute atomic E-state index is 0.279. The van der Waals surface area contributed by atoms with E-state index in [0.717, 1.165) is 45.2 Å². The van der Waals surface area contributed by atoms with Gasteiger partial charge in [0.05, 0.1) is 4.90 Å². The molecule has 4 rings (SSSR count). The number of benzene rings is 1. The van der Waals surface area contributed by atoms with Gasteiger partial charge in [0.2, 0.25) is 27.5 Å². The summed E-state index contributed by atoms with van der Waals surface area (Å²) < 4.78 is 33.0. The zero-order chi connectivity index (χ0) is 19.6. The van der Waals surface area contributed by atoms with Crippen molar-refractivity contribution in [2.45, 2.75) is 43.4 Å². The lowest BCUT2D eigenvalue weighted by molar-refractivity contribution is 0.346. The van der Waals surface area contributed by atoms with Crippen LogP contribution in [0.4, 0.5) is 5.88 Å². The molecule has 0 N–H and O–H groups in total. The van der Waals surface area contributed by atoms with E-state index in [1.807, 2.05) is 0 Å². The SMILES string of the molecule is N#Cc1nc(-c2ccc(S(=O)(=O)N3CCCCC3)cc2)oc1N1CCCCC1. The standard InChI is InChI=1S/C20H24N4O3S/c21-15-18-20(23-11-3-1-4-12-23)27-19(22-18)16-7-9-17(10-8-16)28(25,26)24-13-5-2-6-14-24/h7-10H,1-6,11-14H2. The number of sulfonamides is 1. The molecular formula is C20H24N4O3S. The molecule has 0 unspecified atom stereocenters. The number of aromatic nitrogens is 1. The summed E-state index contributed by atoms with van der Waals surface area (Å²) in [5.74, 6) is 0.862. The molecule has 0 spiro atoms. The first-order chi connectivity index (χ1) is 13.6. The summed E-state index contributed by atoms with van der Waals surface area (Å²) in [6, 6.07) is 8.70. The van der Waals surface area contributed by atoms with Crippen LogP contribution in [0.25, 0.3) is 11.5 Å². The molecule has 0 bridgehead atoms. The topological polar surface area (TPSA) is 90.4 Å². The van der Waals surface area contributed by atoms with Gasteiger partial charge in [0.25, 0.3) is 0 Å². The Morgan fingerprint density at radius 1 is 0.929 bits per heavy atom. The minimum atomic E-state index is -3.46. The lowest BCUT2D eigenvalue weighted by Crippen LogP contribution is -2.35. The predicted octanol–water partition coefficient (Wildman–Crippen LogP) is 3.38. The number of hydrogen-bond donors (Lipinski definition) is 0. The zero-order valence-corrected chi connectivity index (χ0v) is 16.6.